The maximum absolute atomic E-state index is 12.6. The number of carbonyl (C=O) groups is 2. The maximum atomic E-state index is 12.6. The van der Waals surface area contributed by atoms with Crippen molar-refractivity contribution in [2.45, 2.75) is 155 Å². The molecule has 36 heavy (non-hydrogen) atoms. The lowest BCUT2D eigenvalue weighted by Gasteiger charge is -2.50. The van der Waals surface area contributed by atoms with Crippen LogP contribution in [0.4, 0.5) is 0 Å². The summed E-state index contributed by atoms with van der Waals surface area (Å²) in [5.74, 6) is -0.584. The summed E-state index contributed by atoms with van der Waals surface area (Å²) in [6.07, 6.45) is 6.54. The van der Waals surface area contributed by atoms with Crippen LogP contribution in [-0.2, 0) is 23.5 Å². The van der Waals surface area contributed by atoms with E-state index < -0.39 is 25.0 Å². The molecule has 0 amide bonds. The fraction of sp³-hybridized carbons (Fsp3) is 0.857. The number of unbranched alkanes of at least 4 members (excludes halogenated alkanes) is 1. The van der Waals surface area contributed by atoms with E-state index >= 15 is 0 Å². The lowest BCUT2D eigenvalue weighted by atomic mass is 9.80. The van der Waals surface area contributed by atoms with Gasteiger partial charge in [-0.05, 0) is 85.5 Å². The van der Waals surface area contributed by atoms with E-state index in [9.17, 15) is 14.8 Å². The molecule has 1 aliphatic heterocycles. The van der Waals surface area contributed by atoms with E-state index in [1.807, 2.05) is 48.5 Å². The molecule has 0 radical (unpaired) electrons. The highest BCUT2D eigenvalue weighted by Crippen LogP contribution is 2.39. The third kappa shape index (κ3) is 10.6. The zero-order chi connectivity index (χ0) is 28.2. The Bertz CT molecular complexity index is 758. The standard InChI is InChI=1S/C28H53NO6Si/c1-25(2,3)34-24(31)18-17-21(35-36(11,12)26(4,5)6)15-13-14-16-23(30)33-22-19-27(7,8)29(32)28(9,10)20-22/h17-18,21-22,32H,13-16,19-20H2,1-12H3/b18-17+. The third-order valence-electron chi connectivity index (χ3n) is 7.12. The molecule has 0 aliphatic carbocycles. The highest BCUT2D eigenvalue weighted by molar-refractivity contribution is 6.74. The lowest BCUT2D eigenvalue weighted by Crippen LogP contribution is -2.60. The Labute approximate surface area is 221 Å². The Morgan fingerprint density at radius 2 is 1.56 bits per heavy atom. The second-order valence-corrected chi connectivity index (χ2v) is 18.8. The molecule has 1 unspecified atom stereocenters. The second kappa shape index (κ2) is 12.1. The summed E-state index contributed by atoms with van der Waals surface area (Å²) in [7, 11) is -2.05. The molecule has 210 valence electrons. The maximum Gasteiger partial charge on any atom is 0.331 e. The van der Waals surface area contributed by atoms with Crippen LogP contribution in [0.15, 0.2) is 12.2 Å². The predicted octanol–water partition coefficient (Wildman–Crippen LogP) is 6.79. The van der Waals surface area contributed by atoms with Crippen molar-refractivity contribution < 1.29 is 28.7 Å². The number of hydroxylamine groups is 2. The number of hydrogen-bond acceptors (Lipinski definition) is 7. The van der Waals surface area contributed by atoms with Gasteiger partial charge in [-0.3, -0.25) is 4.79 Å². The molecule has 0 saturated carbocycles. The SMILES string of the molecule is CC(C)(C)OC(=O)/C=C/C(CCCCC(=O)OC1CC(C)(C)N(O)C(C)(C)C1)O[Si](C)(C)C(C)(C)C. The monoisotopic (exact) mass is 527 g/mol. The van der Waals surface area contributed by atoms with Gasteiger partial charge in [0, 0.05) is 36.4 Å². The Morgan fingerprint density at radius 1 is 1.03 bits per heavy atom. The number of piperidine rings is 1. The van der Waals surface area contributed by atoms with Crippen LogP contribution >= 0.6 is 0 Å². The molecule has 0 aromatic carbocycles. The molecule has 0 aromatic rings. The van der Waals surface area contributed by atoms with Crippen LogP contribution in [0.25, 0.3) is 0 Å². The number of rotatable bonds is 10. The zero-order valence-corrected chi connectivity index (χ0v) is 26.0. The molecule has 1 aliphatic rings. The molecule has 1 N–H and O–H groups in total. The molecular formula is C28H53NO6Si. The average molecular weight is 528 g/mol. The van der Waals surface area contributed by atoms with E-state index in [-0.39, 0.29) is 29.2 Å². The molecular weight excluding hydrogens is 474 g/mol. The van der Waals surface area contributed by atoms with Gasteiger partial charge < -0.3 is 19.1 Å². The van der Waals surface area contributed by atoms with Gasteiger partial charge >= 0.3 is 11.9 Å². The number of hydrogen-bond donors (Lipinski definition) is 1. The van der Waals surface area contributed by atoms with Gasteiger partial charge in [0.05, 0.1) is 6.10 Å². The van der Waals surface area contributed by atoms with Crippen LogP contribution in [0.5, 0.6) is 0 Å². The normalized spacial score (nSPS) is 20.4. The van der Waals surface area contributed by atoms with E-state index in [1.165, 1.54) is 11.1 Å². The summed E-state index contributed by atoms with van der Waals surface area (Å²) in [5, 5.41) is 11.9. The molecule has 1 atom stereocenters. The van der Waals surface area contributed by atoms with Crippen molar-refractivity contribution in [3.8, 4) is 0 Å². The molecule has 1 heterocycles. The molecule has 1 fully saturated rings. The van der Waals surface area contributed by atoms with Crippen LogP contribution in [0.2, 0.25) is 18.1 Å². The van der Waals surface area contributed by atoms with Crippen molar-refractivity contribution >= 4 is 20.3 Å². The molecule has 8 heteroatoms. The largest absolute Gasteiger partial charge is 0.462 e. The second-order valence-electron chi connectivity index (χ2n) is 14.0. The first-order valence-corrected chi connectivity index (χ1v) is 16.2. The van der Waals surface area contributed by atoms with E-state index in [1.54, 1.807) is 6.08 Å². The van der Waals surface area contributed by atoms with Crippen molar-refractivity contribution in [2.75, 3.05) is 0 Å². The Hall–Kier alpha value is -1.22. The fourth-order valence-electron chi connectivity index (χ4n) is 4.39. The van der Waals surface area contributed by atoms with E-state index in [4.69, 9.17) is 13.9 Å². The average Bonchev–Trinajstić information content (AvgIpc) is 2.64. The molecule has 7 nitrogen and oxygen atoms in total. The van der Waals surface area contributed by atoms with Gasteiger partial charge in [-0.1, -0.05) is 27.2 Å². The van der Waals surface area contributed by atoms with E-state index in [0.29, 0.717) is 32.1 Å². The minimum Gasteiger partial charge on any atom is -0.462 e. The van der Waals surface area contributed by atoms with Crippen molar-refractivity contribution in [2.24, 2.45) is 0 Å². The first-order valence-electron chi connectivity index (χ1n) is 13.3. The van der Waals surface area contributed by atoms with Crippen molar-refractivity contribution in [3.05, 3.63) is 12.2 Å². The lowest BCUT2D eigenvalue weighted by molar-refractivity contribution is -0.259. The number of nitrogens with zero attached hydrogens (tertiary/aromatic N) is 1. The predicted molar refractivity (Wildman–Crippen MR) is 146 cm³/mol. The summed E-state index contributed by atoms with van der Waals surface area (Å²) in [6.45, 7) is 24.3. The topological polar surface area (TPSA) is 85.3 Å². The highest BCUT2D eigenvalue weighted by Gasteiger charge is 2.46. The van der Waals surface area contributed by atoms with Crippen molar-refractivity contribution in [1.29, 1.82) is 0 Å². The minimum atomic E-state index is -2.05. The quantitative estimate of drug-likeness (QED) is 0.145. The van der Waals surface area contributed by atoms with Crippen molar-refractivity contribution in [1.82, 2.24) is 5.06 Å². The third-order valence-corrected chi connectivity index (χ3v) is 11.6. The molecule has 1 rings (SSSR count). The molecule has 0 aromatic heterocycles. The van der Waals surface area contributed by atoms with Crippen LogP contribution in [-0.4, -0.2) is 59.4 Å². The first-order chi connectivity index (χ1) is 16.1. The molecule has 0 spiro atoms. The van der Waals surface area contributed by atoms with Crippen LogP contribution < -0.4 is 0 Å². The fourth-order valence-corrected chi connectivity index (χ4v) is 5.70. The summed E-state index contributed by atoms with van der Waals surface area (Å²) in [5.41, 5.74) is -1.46. The Kier molecular flexibility index (Phi) is 11.0. The summed E-state index contributed by atoms with van der Waals surface area (Å²) in [4.78, 5) is 24.8. The van der Waals surface area contributed by atoms with E-state index in [2.05, 4.69) is 33.9 Å². The van der Waals surface area contributed by atoms with Crippen LogP contribution in [0, 0.1) is 0 Å². The van der Waals surface area contributed by atoms with Gasteiger partial charge in [0.15, 0.2) is 8.32 Å². The summed E-state index contributed by atoms with van der Waals surface area (Å²) < 4.78 is 17.8. The number of esters is 2. The number of carbonyl (C=O) groups excluding carboxylic acids is 2. The van der Waals surface area contributed by atoms with Gasteiger partial charge in [-0.2, -0.15) is 5.06 Å². The minimum absolute atomic E-state index is 0.0422. The van der Waals surface area contributed by atoms with Gasteiger partial charge in [0.25, 0.3) is 0 Å². The highest BCUT2D eigenvalue weighted by atomic mass is 28.4. The zero-order valence-electron chi connectivity index (χ0n) is 25.0. The smallest absolute Gasteiger partial charge is 0.331 e. The van der Waals surface area contributed by atoms with Gasteiger partial charge in [0.1, 0.15) is 11.7 Å². The van der Waals surface area contributed by atoms with Crippen LogP contribution in [0.1, 0.15) is 108 Å². The van der Waals surface area contributed by atoms with Crippen LogP contribution in [0.3, 0.4) is 0 Å². The van der Waals surface area contributed by atoms with Gasteiger partial charge in [0.2, 0.25) is 0 Å². The number of ether oxygens (including phenoxy) is 2. The first kappa shape index (κ1) is 32.8. The van der Waals surface area contributed by atoms with Gasteiger partial charge in [-0.15, -0.1) is 0 Å². The van der Waals surface area contributed by atoms with Crippen molar-refractivity contribution in [3.63, 3.8) is 0 Å². The van der Waals surface area contributed by atoms with E-state index in [0.717, 1.165) is 6.42 Å². The Balaban J connectivity index is 2.68. The summed E-state index contributed by atoms with van der Waals surface area (Å²) in [6, 6.07) is 0. The molecule has 1 saturated heterocycles. The van der Waals surface area contributed by atoms with Gasteiger partial charge in [-0.25, -0.2) is 4.79 Å². The molecule has 0 bridgehead atoms. The summed E-state index contributed by atoms with van der Waals surface area (Å²) >= 11 is 0. The Morgan fingerprint density at radius 3 is 2.03 bits per heavy atom.